The topological polar surface area (TPSA) is 46.2 Å². The maximum absolute atomic E-state index is 12.2. The lowest BCUT2D eigenvalue weighted by Gasteiger charge is -2.08. The Kier molecular flexibility index (Phi) is 5.56. The van der Waals surface area contributed by atoms with Crippen molar-refractivity contribution in [2.24, 2.45) is 0 Å². The van der Waals surface area contributed by atoms with E-state index in [4.69, 9.17) is 0 Å². The van der Waals surface area contributed by atoms with Crippen LogP contribution in [0.3, 0.4) is 0 Å². The Morgan fingerprint density at radius 1 is 1.10 bits per heavy atom. The lowest BCUT2D eigenvalue weighted by molar-refractivity contribution is 0.579. The first-order chi connectivity index (χ1) is 9.99. The molecule has 0 bridgehead atoms. The molecular formula is C16H18BrNO2S. The van der Waals surface area contributed by atoms with Gasteiger partial charge in [0.15, 0.2) is 0 Å². The van der Waals surface area contributed by atoms with E-state index in [1.54, 1.807) is 18.2 Å². The number of sulfonamides is 1. The molecule has 2 aromatic carbocycles. The van der Waals surface area contributed by atoms with Gasteiger partial charge in [0, 0.05) is 11.0 Å². The number of halogens is 1. The Balaban J connectivity index is 1.91. The van der Waals surface area contributed by atoms with E-state index in [2.05, 4.69) is 20.7 Å². The van der Waals surface area contributed by atoms with Gasteiger partial charge >= 0.3 is 0 Å². The van der Waals surface area contributed by atoms with E-state index in [-0.39, 0.29) is 0 Å². The summed E-state index contributed by atoms with van der Waals surface area (Å²) >= 11 is 3.37. The van der Waals surface area contributed by atoms with Gasteiger partial charge in [-0.3, -0.25) is 0 Å². The zero-order valence-corrected chi connectivity index (χ0v) is 14.2. The van der Waals surface area contributed by atoms with Crippen LogP contribution in [-0.4, -0.2) is 15.0 Å². The predicted molar refractivity (Wildman–Crippen MR) is 88.8 cm³/mol. The molecule has 21 heavy (non-hydrogen) atoms. The highest BCUT2D eigenvalue weighted by Gasteiger charge is 2.13. The van der Waals surface area contributed by atoms with Gasteiger partial charge in [-0.05, 0) is 49.1 Å². The molecule has 0 spiro atoms. The Morgan fingerprint density at radius 3 is 2.48 bits per heavy atom. The van der Waals surface area contributed by atoms with Crippen LogP contribution in [0, 0.1) is 6.92 Å². The summed E-state index contributed by atoms with van der Waals surface area (Å²) in [6.45, 7) is 2.31. The summed E-state index contributed by atoms with van der Waals surface area (Å²) in [6, 6.07) is 15.1. The molecule has 5 heteroatoms. The van der Waals surface area contributed by atoms with E-state index in [1.165, 1.54) is 5.56 Å². The lowest BCUT2D eigenvalue weighted by Crippen LogP contribution is -2.25. The van der Waals surface area contributed by atoms with Gasteiger partial charge in [-0.15, -0.1) is 0 Å². The molecule has 0 aromatic heterocycles. The van der Waals surface area contributed by atoms with E-state index in [0.717, 1.165) is 22.9 Å². The first-order valence-corrected chi connectivity index (χ1v) is 9.06. The summed E-state index contributed by atoms with van der Waals surface area (Å²) in [5.74, 6) is 0. The molecule has 0 fully saturated rings. The highest BCUT2D eigenvalue weighted by molar-refractivity contribution is 9.10. The van der Waals surface area contributed by atoms with Gasteiger partial charge < -0.3 is 0 Å². The van der Waals surface area contributed by atoms with E-state index in [1.807, 2.05) is 37.3 Å². The highest BCUT2D eigenvalue weighted by atomic mass is 79.9. The van der Waals surface area contributed by atoms with Crippen LogP contribution in [0.5, 0.6) is 0 Å². The molecule has 0 atom stereocenters. The maximum Gasteiger partial charge on any atom is 0.240 e. The van der Waals surface area contributed by atoms with Crippen LogP contribution in [0.15, 0.2) is 57.9 Å². The van der Waals surface area contributed by atoms with Crippen molar-refractivity contribution in [3.8, 4) is 0 Å². The van der Waals surface area contributed by atoms with Crippen LogP contribution < -0.4 is 4.72 Å². The van der Waals surface area contributed by atoms with Gasteiger partial charge in [0.1, 0.15) is 0 Å². The van der Waals surface area contributed by atoms with Crippen molar-refractivity contribution in [3.63, 3.8) is 0 Å². The zero-order valence-electron chi connectivity index (χ0n) is 11.8. The summed E-state index contributed by atoms with van der Waals surface area (Å²) < 4.78 is 27.9. The fraction of sp³-hybridized carbons (Fsp3) is 0.250. The van der Waals surface area contributed by atoms with Crippen molar-refractivity contribution < 1.29 is 8.42 Å². The molecule has 0 aliphatic heterocycles. The smallest absolute Gasteiger partial charge is 0.211 e. The number of hydrogen-bond donors (Lipinski definition) is 1. The second kappa shape index (κ2) is 7.20. The first-order valence-electron chi connectivity index (χ1n) is 6.79. The number of hydrogen-bond acceptors (Lipinski definition) is 2. The van der Waals surface area contributed by atoms with Gasteiger partial charge in [-0.2, -0.15) is 0 Å². The van der Waals surface area contributed by atoms with Crippen LogP contribution in [0.1, 0.15) is 17.5 Å². The summed E-state index contributed by atoms with van der Waals surface area (Å²) in [4.78, 5) is 0.308. The summed E-state index contributed by atoms with van der Waals surface area (Å²) in [7, 11) is -3.42. The minimum absolute atomic E-state index is 0.308. The molecule has 2 aromatic rings. The van der Waals surface area contributed by atoms with Crippen molar-refractivity contribution in [1.82, 2.24) is 4.72 Å². The fourth-order valence-corrected chi connectivity index (χ4v) is 3.42. The van der Waals surface area contributed by atoms with E-state index >= 15 is 0 Å². The normalized spacial score (nSPS) is 11.5. The minimum atomic E-state index is -3.42. The molecule has 0 saturated carbocycles. The quantitative estimate of drug-likeness (QED) is 0.791. The van der Waals surface area contributed by atoms with E-state index < -0.39 is 10.0 Å². The molecule has 0 heterocycles. The lowest BCUT2D eigenvalue weighted by atomic mass is 10.1. The SMILES string of the molecule is Cc1cc(S(=O)(=O)NCCCc2ccccc2)ccc1Br. The fourth-order valence-electron chi connectivity index (χ4n) is 2.01. The third-order valence-electron chi connectivity index (χ3n) is 3.22. The molecule has 112 valence electrons. The van der Waals surface area contributed by atoms with Gasteiger partial charge in [-0.1, -0.05) is 46.3 Å². The molecule has 0 unspecified atom stereocenters. The van der Waals surface area contributed by atoms with Crippen LogP contribution in [0.2, 0.25) is 0 Å². The molecule has 0 aliphatic rings. The summed E-state index contributed by atoms with van der Waals surface area (Å²) in [6.07, 6.45) is 1.64. The van der Waals surface area contributed by atoms with Crippen molar-refractivity contribution >= 4 is 26.0 Å². The molecule has 0 radical (unpaired) electrons. The van der Waals surface area contributed by atoms with Crippen molar-refractivity contribution in [2.45, 2.75) is 24.7 Å². The molecule has 0 aliphatic carbocycles. The molecule has 0 amide bonds. The van der Waals surface area contributed by atoms with Crippen molar-refractivity contribution in [3.05, 3.63) is 64.1 Å². The largest absolute Gasteiger partial charge is 0.240 e. The van der Waals surface area contributed by atoms with Crippen LogP contribution in [0.25, 0.3) is 0 Å². The highest BCUT2D eigenvalue weighted by Crippen LogP contribution is 2.19. The summed E-state index contributed by atoms with van der Waals surface area (Å²) in [5, 5.41) is 0. The third kappa shape index (κ3) is 4.66. The Morgan fingerprint density at radius 2 is 1.81 bits per heavy atom. The Labute approximate surface area is 134 Å². The average molecular weight is 368 g/mol. The van der Waals surface area contributed by atoms with Crippen molar-refractivity contribution in [1.29, 1.82) is 0 Å². The van der Waals surface area contributed by atoms with Crippen LogP contribution >= 0.6 is 15.9 Å². The van der Waals surface area contributed by atoms with Crippen molar-refractivity contribution in [2.75, 3.05) is 6.54 Å². The van der Waals surface area contributed by atoms with Gasteiger partial charge in [0.05, 0.1) is 4.90 Å². The van der Waals surface area contributed by atoms with E-state index in [9.17, 15) is 8.42 Å². The maximum atomic E-state index is 12.2. The van der Waals surface area contributed by atoms with E-state index in [0.29, 0.717) is 11.4 Å². The molecule has 2 rings (SSSR count). The standard InChI is InChI=1S/C16H18BrNO2S/c1-13-12-15(9-10-16(13)17)21(19,20)18-11-5-8-14-6-3-2-4-7-14/h2-4,6-7,9-10,12,18H,5,8,11H2,1H3. The van der Waals surface area contributed by atoms with Gasteiger partial charge in [-0.25, -0.2) is 13.1 Å². The number of nitrogens with one attached hydrogen (secondary N) is 1. The second-order valence-electron chi connectivity index (χ2n) is 4.90. The van der Waals surface area contributed by atoms with Crippen LogP contribution in [0.4, 0.5) is 0 Å². The monoisotopic (exact) mass is 367 g/mol. The van der Waals surface area contributed by atoms with Gasteiger partial charge in [0.25, 0.3) is 0 Å². The minimum Gasteiger partial charge on any atom is -0.211 e. The first kappa shape index (κ1) is 16.2. The Bertz CT molecular complexity index is 699. The Hall–Kier alpha value is -1.17. The third-order valence-corrected chi connectivity index (χ3v) is 5.57. The average Bonchev–Trinajstić information content (AvgIpc) is 2.47. The molecule has 0 saturated heterocycles. The second-order valence-corrected chi connectivity index (χ2v) is 7.52. The molecule has 3 nitrogen and oxygen atoms in total. The molecular weight excluding hydrogens is 350 g/mol. The van der Waals surface area contributed by atoms with Crippen LogP contribution in [-0.2, 0) is 16.4 Å². The number of benzene rings is 2. The number of rotatable bonds is 6. The molecule has 1 N–H and O–H groups in total. The summed E-state index contributed by atoms with van der Waals surface area (Å²) in [5.41, 5.74) is 2.12. The van der Waals surface area contributed by atoms with Gasteiger partial charge in [0.2, 0.25) is 10.0 Å². The zero-order chi connectivity index (χ0) is 15.3. The number of aryl methyl sites for hydroxylation is 2. The predicted octanol–water partition coefficient (Wildman–Crippen LogP) is 3.67.